The third kappa shape index (κ3) is 24.1. The van der Waals surface area contributed by atoms with Crippen molar-refractivity contribution in [2.75, 3.05) is 0 Å². The largest absolute Gasteiger partial charge is 0.206 e. The number of aryl methyl sites for hydroxylation is 9. The van der Waals surface area contributed by atoms with Crippen LogP contribution < -0.4 is 0 Å². The first-order valence-corrected chi connectivity index (χ1v) is 50.6. The second kappa shape index (κ2) is 46.8. The van der Waals surface area contributed by atoms with Crippen LogP contribution in [0.5, 0.6) is 0 Å². The molecule has 5 fully saturated rings. The van der Waals surface area contributed by atoms with Crippen molar-refractivity contribution in [2.45, 2.75) is 274 Å². The lowest BCUT2D eigenvalue weighted by Gasteiger charge is -2.37. The van der Waals surface area contributed by atoms with E-state index in [0.717, 1.165) is 142 Å². The van der Waals surface area contributed by atoms with Gasteiger partial charge in [0.1, 0.15) is 11.6 Å². The molecular formula is C122H144F18. The van der Waals surface area contributed by atoms with Gasteiger partial charge in [0, 0.05) is 32.2 Å². The van der Waals surface area contributed by atoms with Crippen molar-refractivity contribution in [3.8, 4) is 44.5 Å². The summed E-state index contributed by atoms with van der Waals surface area (Å²) < 4.78 is 254. The number of halogens is 18. The van der Waals surface area contributed by atoms with Crippen LogP contribution >= 0.6 is 0 Å². The van der Waals surface area contributed by atoms with Crippen molar-refractivity contribution in [3.05, 3.63) is 341 Å². The van der Waals surface area contributed by atoms with Gasteiger partial charge in [0.2, 0.25) is 0 Å². The molecular weight excluding hydrogens is 1810 g/mol. The molecule has 0 saturated heterocycles. The Kier molecular flexibility index (Phi) is 35.2. The lowest BCUT2D eigenvalue weighted by molar-refractivity contribution is 0.164. The van der Waals surface area contributed by atoms with E-state index in [9.17, 15) is 79.0 Å². The third-order valence-corrected chi connectivity index (χ3v) is 32.0. The Morgan fingerprint density at radius 1 is 0.257 bits per heavy atom. The zero-order valence-corrected chi connectivity index (χ0v) is 82.4. The maximum absolute atomic E-state index is 14.8. The number of fused-ring (bicyclic) bond motifs is 4. The molecule has 140 heavy (non-hydrogen) atoms. The standard InChI is InChI=1S/C24H29F3.C22H16F4.C20H14F4.C20H28F2.C18H19F3.C18H24F2.7H2/c1-14-3-6-16(7-4-14)17-9-11-18(12-10-17)20-13-19-8-5-15(2)22(25)21(19)24(27)23(20)26;1-3-4-16-10-12-18(22(26)20(16)24)15-8-6-14(7-9-15)17-11-5-13(2)19(23)21(17)25;1-11-3-9-15(19(23)17(11)21)13-5-7-14(8-6-13)16-10-4-12(2)18(22)20(16)24;1-13-3-5-15(6-4-13)7-8-16-9-10-17-11-14(2)19(21)20(22)18(17)12-16;1-10-3-6-12(7-4-10)14-9-13-8-5-11(2)16(19)15(13)18(21)17(14)20;1-11-3-5-13(6-4-11)14-7-8-15-9-12(2)17(19)18(20)16(15)10-14;;;;;;;/h5,8,13-14,16-18H,3-4,6-7,9-12H2,1-2H3;3,5-12H,1,4H2,2H3;3-10H,1-2H3;11,13,15-16H,3-10,12H2,1-2H3;5,8-10,12H,3-4,6-7H2,1-2H3;9,11,13-14H,3-8,10H2,1-2H3;7*1H. The minimum atomic E-state index is -1.04. The Balaban J connectivity index is 0.000000237. The quantitative estimate of drug-likeness (QED) is 0.0797. The predicted octanol–water partition coefficient (Wildman–Crippen LogP) is 39.2. The third-order valence-electron chi connectivity index (χ3n) is 32.0. The van der Waals surface area contributed by atoms with E-state index >= 15 is 0 Å². The Morgan fingerprint density at radius 2 is 0.557 bits per heavy atom. The average Bonchev–Trinajstić information content (AvgIpc) is 0.763. The molecule has 0 amide bonds. The maximum Gasteiger partial charge on any atom is 0.169 e. The molecule has 5 saturated carbocycles. The molecule has 7 aliphatic carbocycles. The summed E-state index contributed by atoms with van der Waals surface area (Å²) in [4.78, 5) is 0. The molecule has 0 nitrogen and oxygen atoms in total. The van der Waals surface area contributed by atoms with Crippen molar-refractivity contribution in [2.24, 2.45) is 59.2 Å². The van der Waals surface area contributed by atoms with Crippen molar-refractivity contribution in [1.29, 1.82) is 0 Å². The van der Waals surface area contributed by atoms with Gasteiger partial charge >= 0.3 is 0 Å². The zero-order valence-electron chi connectivity index (χ0n) is 82.4. The summed E-state index contributed by atoms with van der Waals surface area (Å²) in [6.45, 7) is 23.6. The van der Waals surface area contributed by atoms with E-state index < -0.39 is 105 Å². The molecule has 12 aromatic rings. The molecule has 0 aromatic heterocycles. The van der Waals surface area contributed by atoms with Crippen LogP contribution in [0.15, 0.2) is 158 Å². The summed E-state index contributed by atoms with van der Waals surface area (Å²) in [6, 6.07) is 38.1. The van der Waals surface area contributed by atoms with Crippen molar-refractivity contribution in [3.63, 3.8) is 0 Å². The summed E-state index contributed by atoms with van der Waals surface area (Å²) in [5, 5.41) is 0.489. The topological polar surface area (TPSA) is 0 Å². The highest BCUT2D eigenvalue weighted by atomic mass is 19.2. The highest BCUT2D eigenvalue weighted by molar-refractivity contribution is 5.87. The molecule has 7 aliphatic rings. The van der Waals surface area contributed by atoms with Gasteiger partial charge < -0.3 is 0 Å². The van der Waals surface area contributed by atoms with Crippen LogP contribution in [0.4, 0.5) is 79.0 Å². The normalized spacial score (nSPS) is 21.7. The Bertz CT molecular complexity index is 6350. The fourth-order valence-corrected chi connectivity index (χ4v) is 22.8. The average molecular weight is 1950 g/mol. The summed E-state index contributed by atoms with van der Waals surface area (Å²) >= 11 is 0. The number of rotatable bonds is 13. The Labute approximate surface area is 825 Å². The van der Waals surface area contributed by atoms with Crippen LogP contribution in [0, 0.1) is 212 Å². The summed E-state index contributed by atoms with van der Waals surface area (Å²) in [7, 11) is 0. The van der Waals surface area contributed by atoms with Crippen molar-refractivity contribution in [1.82, 2.24) is 0 Å². The highest BCUT2D eigenvalue weighted by Crippen LogP contribution is 2.49. The van der Waals surface area contributed by atoms with E-state index in [1.807, 2.05) is 12.1 Å². The molecule has 19 rings (SSSR count). The minimum absolute atomic E-state index is 0. The van der Waals surface area contributed by atoms with Crippen LogP contribution in [0.25, 0.3) is 66.1 Å². The van der Waals surface area contributed by atoms with E-state index in [1.54, 1.807) is 113 Å². The molecule has 0 N–H and O–H groups in total. The molecule has 0 spiro atoms. The minimum Gasteiger partial charge on any atom is -0.206 e. The van der Waals surface area contributed by atoms with Crippen molar-refractivity contribution < 1.29 is 89.0 Å². The summed E-state index contributed by atoms with van der Waals surface area (Å²) in [5.41, 5.74) is 9.06. The number of hydrogen-bond acceptors (Lipinski definition) is 0. The van der Waals surface area contributed by atoms with Gasteiger partial charge in [0.15, 0.2) is 93.1 Å². The molecule has 0 bridgehead atoms. The monoisotopic (exact) mass is 1950 g/mol. The number of hydrogen-bond donors (Lipinski definition) is 0. The molecule has 2 unspecified atom stereocenters. The van der Waals surface area contributed by atoms with Gasteiger partial charge in [-0.25, -0.2) is 79.0 Å². The lowest BCUT2D eigenvalue weighted by Crippen LogP contribution is -2.27. The van der Waals surface area contributed by atoms with E-state index in [4.69, 9.17) is 0 Å². The van der Waals surface area contributed by atoms with Gasteiger partial charge in [-0.05, 0) is 358 Å². The van der Waals surface area contributed by atoms with E-state index in [1.165, 1.54) is 165 Å². The fourth-order valence-electron chi connectivity index (χ4n) is 22.8. The SMILES string of the molecule is C=CCc1ccc(-c2ccc(-c3ccc(C)c(F)c3F)cc2)c(F)c1F.Cc1cc2c(c(F)c1F)CC(C1CCC(C)CC1)CC2.Cc1cc2c(c(F)c1F)CC(CCC1CCC(C)CC1)CC2.Cc1ccc(-c2ccc(-c3ccc(C)c(F)c3F)cc2)c(F)c1F.Cc1ccc2cc(C3CCC(C)CC3)c(F)c(F)c2c1F.Cc1ccc2cc(C3CCC(C4CCC(C)CC4)CC3)c(F)c(F)c2c1F.[HH].[HH].[HH].[HH].[HH].[HH].[HH]. The van der Waals surface area contributed by atoms with Gasteiger partial charge in [0.05, 0.1) is 10.8 Å². The Morgan fingerprint density at radius 3 is 0.943 bits per heavy atom. The second-order valence-corrected chi connectivity index (χ2v) is 41.8. The van der Waals surface area contributed by atoms with Gasteiger partial charge in [0.25, 0.3) is 0 Å². The predicted molar refractivity (Wildman–Crippen MR) is 545 cm³/mol. The van der Waals surface area contributed by atoms with E-state index in [0.29, 0.717) is 95.3 Å². The maximum atomic E-state index is 14.8. The molecule has 0 heterocycles. The highest BCUT2D eigenvalue weighted by Gasteiger charge is 2.37. The Hall–Kier alpha value is -10.4. The molecule has 0 aliphatic heterocycles. The van der Waals surface area contributed by atoms with Crippen molar-refractivity contribution >= 4 is 21.5 Å². The first-order valence-electron chi connectivity index (χ1n) is 50.6. The fraction of sp³-hybridized carbons (Fsp3) is 0.426. The molecule has 2 atom stereocenters. The summed E-state index contributed by atoms with van der Waals surface area (Å²) in [6.07, 6.45) is 33.6. The van der Waals surface area contributed by atoms with E-state index in [2.05, 4.69) is 34.3 Å². The van der Waals surface area contributed by atoms with Gasteiger partial charge in [-0.2, -0.15) is 0 Å². The van der Waals surface area contributed by atoms with Gasteiger partial charge in [-0.15, -0.1) is 6.58 Å². The molecule has 758 valence electrons. The second-order valence-electron chi connectivity index (χ2n) is 41.8. The van der Waals surface area contributed by atoms with Gasteiger partial charge in [-0.3, -0.25) is 0 Å². The lowest BCUT2D eigenvalue weighted by atomic mass is 9.68. The van der Waals surface area contributed by atoms with Crippen LogP contribution in [-0.4, -0.2) is 0 Å². The number of allylic oxidation sites excluding steroid dienone is 1. The van der Waals surface area contributed by atoms with E-state index in [-0.39, 0.29) is 83.5 Å². The van der Waals surface area contributed by atoms with Gasteiger partial charge in [-0.1, -0.05) is 238 Å². The summed E-state index contributed by atoms with van der Waals surface area (Å²) in [5.74, 6) is -7.18. The number of benzene rings is 12. The first-order chi connectivity index (χ1) is 66.9. The molecule has 18 heteroatoms. The zero-order chi connectivity index (χ0) is 101. The molecule has 12 aromatic carbocycles. The first kappa shape index (κ1) is 105. The smallest absolute Gasteiger partial charge is 0.169 e. The molecule has 0 radical (unpaired) electrons. The van der Waals surface area contributed by atoms with Crippen LogP contribution in [0.1, 0.15) is 282 Å². The van der Waals surface area contributed by atoms with Crippen LogP contribution in [-0.2, 0) is 32.1 Å². The van der Waals surface area contributed by atoms with Crippen LogP contribution in [0.3, 0.4) is 0 Å². The van der Waals surface area contributed by atoms with Crippen LogP contribution in [0.2, 0.25) is 0 Å².